The molecule has 0 radical (unpaired) electrons. The van der Waals surface area contributed by atoms with Gasteiger partial charge >= 0.3 is 0 Å². The standard InChI is InChI=1S/C15H21FN4O4S/c1-4-24-15(21)14-18-13(7-9(2)3)20(19-14)12-6-5-10(8-11(12)16)25(17,22)23/h5-6,8-9,15,21H,4,7H2,1-3H3,(H2,17,22,23). The van der Waals surface area contributed by atoms with Crippen molar-refractivity contribution in [3.8, 4) is 5.69 Å². The van der Waals surface area contributed by atoms with Crippen molar-refractivity contribution in [2.45, 2.75) is 38.4 Å². The van der Waals surface area contributed by atoms with Crippen molar-refractivity contribution in [3.05, 3.63) is 35.7 Å². The third kappa shape index (κ3) is 4.60. The van der Waals surface area contributed by atoms with Gasteiger partial charge in [-0.15, -0.1) is 5.10 Å². The van der Waals surface area contributed by atoms with Crippen molar-refractivity contribution in [1.82, 2.24) is 14.8 Å². The predicted molar refractivity (Wildman–Crippen MR) is 87.8 cm³/mol. The van der Waals surface area contributed by atoms with Crippen LogP contribution in [0.2, 0.25) is 0 Å². The first kappa shape index (κ1) is 19.4. The number of ether oxygens (including phenoxy) is 1. The molecular weight excluding hydrogens is 351 g/mol. The summed E-state index contributed by atoms with van der Waals surface area (Å²) in [6.07, 6.45) is -0.855. The van der Waals surface area contributed by atoms with Gasteiger partial charge in [0.15, 0.2) is 0 Å². The maximum Gasteiger partial charge on any atom is 0.238 e. The summed E-state index contributed by atoms with van der Waals surface area (Å²) in [5.41, 5.74) is 0.00509. The van der Waals surface area contributed by atoms with Crippen LogP contribution in [0, 0.1) is 11.7 Å². The van der Waals surface area contributed by atoms with Gasteiger partial charge in [-0.05, 0) is 31.0 Å². The quantitative estimate of drug-likeness (QED) is 0.707. The van der Waals surface area contributed by atoms with Crippen molar-refractivity contribution in [2.24, 2.45) is 11.1 Å². The summed E-state index contributed by atoms with van der Waals surface area (Å²) in [5, 5.41) is 19.0. The number of hydrogen-bond donors (Lipinski definition) is 2. The van der Waals surface area contributed by atoms with Gasteiger partial charge in [0.05, 0.1) is 4.90 Å². The molecule has 0 fully saturated rings. The van der Waals surface area contributed by atoms with E-state index in [2.05, 4.69) is 10.1 Å². The fraction of sp³-hybridized carbons (Fsp3) is 0.467. The molecule has 3 N–H and O–H groups in total. The molecule has 138 valence electrons. The maximum absolute atomic E-state index is 14.4. The molecule has 2 rings (SSSR count). The largest absolute Gasteiger partial charge is 0.362 e. The lowest BCUT2D eigenvalue weighted by Crippen LogP contribution is -2.14. The number of aliphatic hydroxyl groups is 1. The Morgan fingerprint density at radius 2 is 2.08 bits per heavy atom. The fourth-order valence-corrected chi connectivity index (χ4v) is 2.75. The predicted octanol–water partition coefficient (Wildman–Crippen LogP) is 1.28. The van der Waals surface area contributed by atoms with E-state index in [1.54, 1.807) is 6.92 Å². The van der Waals surface area contributed by atoms with E-state index >= 15 is 0 Å². The molecule has 10 heteroatoms. The second-order valence-electron chi connectivity index (χ2n) is 5.86. The zero-order valence-corrected chi connectivity index (χ0v) is 15.0. The highest BCUT2D eigenvalue weighted by molar-refractivity contribution is 7.89. The van der Waals surface area contributed by atoms with Crippen LogP contribution in [0.3, 0.4) is 0 Å². The molecule has 2 aromatic rings. The normalized spacial score (nSPS) is 13.4. The average molecular weight is 372 g/mol. The summed E-state index contributed by atoms with van der Waals surface area (Å²) < 4.78 is 43.4. The Labute approximate surface area is 145 Å². The van der Waals surface area contributed by atoms with Crippen LogP contribution < -0.4 is 5.14 Å². The molecule has 1 heterocycles. The van der Waals surface area contributed by atoms with Gasteiger partial charge in [-0.2, -0.15) is 0 Å². The Kier molecular flexibility index (Phi) is 5.88. The molecule has 8 nitrogen and oxygen atoms in total. The summed E-state index contributed by atoms with van der Waals surface area (Å²) >= 11 is 0. The molecule has 0 aliphatic carbocycles. The highest BCUT2D eigenvalue weighted by Crippen LogP contribution is 2.21. The zero-order valence-electron chi connectivity index (χ0n) is 14.2. The topological polar surface area (TPSA) is 120 Å². The lowest BCUT2D eigenvalue weighted by Gasteiger charge is -2.09. The Hall–Kier alpha value is -1.88. The van der Waals surface area contributed by atoms with Gasteiger partial charge in [0, 0.05) is 13.0 Å². The highest BCUT2D eigenvalue weighted by Gasteiger charge is 2.21. The van der Waals surface area contributed by atoms with Crippen LogP contribution in [0.4, 0.5) is 4.39 Å². The van der Waals surface area contributed by atoms with Crippen molar-refractivity contribution in [2.75, 3.05) is 6.61 Å². The summed E-state index contributed by atoms with van der Waals surface area (Å²) in [6.45, 7) is 5.88. The van der Waals surface area contributed by atoms with E-state index in [0.29, 0.717) is 12.2 Å². The minimum atomic E-state index is -4.01. The molecule has 0 saturated heterocycles. The molecule has 1 aromatic carbocycles. The number of rotatable bonds is 7. The number of aliphatic hydroxyl groups excluding tert-OH is 1. The molecule has 0 saturated carbocycles. The van der Waals surface area contributed by atoms with Gasteiger partial charge in [0.25, 0.3) is 0 Å². The molecule has 1 aromatic heterocycles. The summed E-state index contributed by atoms with van der Waals surface area (Å²) in [6, 6.07) is 3.27. The second kappa shape index (κ2) is 7.56. The van der Waals surface area contributed by atoms with Crippen LogP contribution in [-0.2, 0) is 21.2 Å². The Balaban J connectivity index is 2.53. The SMILES string of the molecule is CCOC(O)c1nc(CC(C)C)n(-c2ccc(S(N)(=O)=O)cc2F)n1. The minimum absolute atomic E-state index is 0.00509. The van der Waals surface area contributed by atoms with Crippen LogP contribution in [0.25, 0.3) is 5.69 Å². The average Bonchev–Trinajstić information content (AvgIpc) is 2.89. The van der Waals surface area contributed by atoms with Crippen molar-refractivity contribution >= 4 is 10.0 Å². The van der Waals surface area contributed by atoms with Gasteiger partial charge < -0.3 is 9.84 Å². The summed E-state index contributed by atoms with van der Waals surface area (Å²) in [4.78, 5) is 3.89. The third-order valence-corrected chi connectivity index (χ3v) is 4.21. The molecule has 0 spiro atoms. The van der Waals surface area contributed by atoms with Crippen LogP contribution >= 0.6 is 0 Å². The maximum atomic E-state index is 14.4. The van der Waals surface area contributed by atoms with Gasteiger partial charge in [0.1, 0.15) is 17.3 Å². The molecule has 0 aliphatic rings. The number of sulfonamides is 1. The van der Waals surface area contributed by atoms with Gasteiger partial charge in [0.2, 0.25) is 22.1 Å². The minimum Gasteiger partial charge on any atom is -0.362 e. The molecule has 25 heavy (non-hydrogen) atoms. The van der Waals surface area contributed by atoms with Crippen LogP contribution in [-0.4, -0.2) is 34.9 Å². The number of nitrogens with two attached hydrogens (primary N) is 1. The van der Waals surface area contributed by atoms with E-state index < -0.39 is 22.1 Å². The molecule has 1 atom stereocenters. The summed E-state index contributed by atoms with van der Waals surface area (Å²) in [7, 11) is -4.01. The number of nitrogens with zero attached hydrogens (tertiary/aromatic N) is 3. The van der Waals surface area contributed by atoms with Gasteiger partial charge in [-0.25, -0.2) is 27.6 Å². The number of benzene rings is 1. The van der Waals surface area contributed by atoms with Crippen LogP contribution in [0.1, 0.15) is 38.7 Å². The number of primary sulfonamides is 1. The van der Waals surface area contributed by atoms with E-state index in [9.17, 15) is 17.9 Å². The lowest BCUT2D eigenvalue weighted by atomic mass is 10.1. The second-order valence-corrected chi connectivity index (χ2v) is 7.42. The van der Waals surface area contributed by atoms with E-state index in [1.807, 2.05) is 13.8 Å². The smallest absolute Gasteiger partial charge is 0.238 e. The van der Waals surface area contributed by atoms with Gasteiger partial charge in [-0.3, -0.25) is 0 Å². The lowest BCUT2D eigenvalue weighted by molar-refractivity contribution is -0.104. The molecule has 0 bridgehead atoms. The summed E-state index contributed by atoms with van der Waals surface area (Å²) in [5.74, 6) is -0.191. The first-order valence-corrected chi connectivity index (χ1v) is 9.26. The Morgan fingerprint density at radius 1 is 1.40 bits per heavy atom. The van der Waals surface area contributed by atoms with Crippen molar-refractivity contribution in [1.29, 1.82) is 0 Å². The van der Waals surface area contributed by atoms with E-state index in [-0.39, 0.29) is 28.9 Å². The first-order chi connectivity index (χ1) is 11.6. The number of hydrogen-bond acceptors (Lipinski definition) is 6. The van der Waals surface area contributed by atoms with Crippen molar-refractivity contribution in [3.63, 3.8) is 0 Å². The van der Waals surface area contributed by atoms with E-state index in [4.69, 9.17) is 9.88 Å². The van der Waals surface area contributed by atoms with Crippen LogP contribution in [0.15, 0.2) is 23.1 Å². The van der Waals surface area contributed by atoms with Gasteiger partial charge in [-0.1, -0.05) is 13.8 Å². The number of halogens is 1. The Morgan fingerprint density at radius 3 is 2.60 bits per heavy atom. The first-order valence-electron chi connectivity index (χ1n) is 7.71. The van der Waals surface area contributed by atoms with Crippen LogP contribution in [0.5, 0.6) is 0 Å². The van der Waals surface area contributed by atoms with E-state index in [0.717, 1.165) is 6.07 Å². The third-order valence-electron chi connectivity index (χ3n) is 3.30. The molecular formula is C15H21FN4O4S. The molecule has 0 aliphatic heterocycles. The zero-order chi connectivity index (χ0) is 18.8. The van der Waals surface area contributed by atoms with Crippen molar-refractivity contribution < 1.29 is 22.7 Å². The molecule has 1 unspecified atom stereocenters. The number of aromatic nitrogens is 3. The highest BCUT2D eigenvalue weighted by atomic mass is 32.2. The fourth-order valence-electron chi connectivity index (χ4n) is 2.23. The van der Waals surface area contributed by atoms with E-state index in [1.165, 1.54) is 16.8 Å². The Bertz CT molecular complexity index is 851. The monoisotopic (exact) mass is 372 g/mol. The molecule has 0 amide bonds.